The van der Waals surface area contributed by atoms with Crippen molar-refractivity contribution >= 4 is 17.5 Å². The smallest absolute Gasteiger partial charge is 0.316 e. The molecule has 1 aromatic heterocycles. The Labute approximate surface area is 164 Å². The maximum Gasteiger partial charge on any atom is 0.316 e. The standard InChI is InChI=1S/C22H23N3O3/c1-22(2,3)21(26)28-16-11-9-15(10-12-16)25-20-13-18(23-14-24-20)17-7-5-6-8-19(17)27-4/h5-14H,1-4H3,(H,23,24,25). The van der Waals surface area contributed by atoms with E-state index < -0.39 is 5.41 Å². The lowest BCUT2D eigenvalue weighted by Gasteiger charge is -2.16. The molecule has 6 heteroatoms. The van der Waals surface area contributed by atoms with Gasteiger partial charge in [-0.3, -0.25) is 4.79 Å². The lowest BCUT2D eigenvalue weighted by molar-refractivity contribution is -0.142. The van der Waals surface area contributed by atoms with Gasteiger partial charge in [0.1, 0.15) is 23.6 Å². The van der Waals surface area contributed by atoms with Gasteiger partial charge in [0.2, 0.25) is 0 Å². The lowest BCUT2D eigenvalue weighted by Crippen LogP contribution is -2.25. The Morgan fingerprint density at radius 3 is 2.39 bits per heavy atom. The van der Waals surface area contributed by atoms with Gasteiger partial charge in [0.15, 0.2) is 0 Å². The van der Waals surface area contributed by atoms with Crippen LogP contribution in [0.5, 0.6) is 11.5 Å². The molecule has 0 fully saturated rings. The molecule has 0 unspecified atom stereocenters. The summed E-state index contributed by atoms with van der Waals surface area (Å²) in [5.74, 6) is 1.63. The van der Waals surface area contributed by atoms with Crippen LogP contribution in [0.2, 0.25) is 0 Å². The average Bonchev–Trinajstić information content (AvgIpc) is 2.69. The van der Waals surface area contributed by atoms with E-state index in [0.717, 1.165) is 22.7 Å². The monoisotopic (exact) mass is 377 g/mol. The number of benzene rings is 2. The maximum absolute atomic E-state index is 12.0. The zero-order chi connectivity index (χ0) is 20.1. The Morgan fingerprint density at radius 2 is 1.71 bits per heavy atom. The largest absolute Gasteiger partial charge is 0.496 e. The van der Waals surface area contributed by atoms with Crippen LogP contribution >= 0.6 is 0 Å². The van der Waals surface area contributed by atoms with Crippen molar-refractivity contribution in [2.24, 2.45) is 5.41 Å². The molecule has 0 aliphatic rings. The fourth-order valence-corrected chi connectivity index (χ4v) is 2.44. The van der Waals surface area contributed by atoms with Crippen molar-refractivity contribution in [3.63, 3.8) is 0 Å². The number of anilines is 2. The van der Waals surface area contributed by atoms with Gasteiger partial charge in [0.25, 0.3) is 0 Å². The van der Waals surface area contributed by atoms with Gasteiger partial charge < -0.3 is 14.8 Å². The van der Waals surface area contributed by atoms with E-state index in [-0.39, 0.29) is 5.97 Å². The average molecular weight is 377 g/mol. The summed E-state index contributed by atoms with van der Waals surface area (Å²) in [7, 11) is 1.63. The number of carbonyl (C=O) groups is 1. The predicted octanol–water partition coefficient (Wildman–Crippen LogP) is 4.85. The first-order chi connectivity index (χ1) is 13.4. The summed E-state index contributed by atoms with van der Waals surface area (Å²) in [6.45, 7) is 5.46. The van der Waals surface area contributed by atoms with Gasteiger partial charge in [-0.05, 0) is 57.2 Å². The first kappa shape index (κ1) is 19.4. The highest BCUT2D eigenvalue weighted by Gasteiger charge is 2.23. The molecular formula is C22H23N3O3. The fraction of sp³-hybridized carbons (Fsp3) is 0.227. The molecule has 144 valence electrons. The van der Waals surface area contributed by atoms with E-state index in [4.69, 9.17) is 9.47 Å². The van der Waals surface area contributed by atoms with E-state index in [9.17, 15) is 4.79 Å². The van der Waals surface area contributed by atoms with Crippen molar-refractivity contribution < 1.29 is 14.3 Å². The number of para-hydroxylation sites is 1. The second-order valence-corrected chi connectivity index (χ2v) is 7.28. The van der Waals surface area contributed by atoms with Crippen molar-refractivity contribution in [1.29, 1.82) is 0 Å². The SMILES string of the molecule is COc1ccccc1-c1cc(Nc2ccc(OC(=O)C(C)(C)C)cc2)ncn1. The molecule has 0 saturated heterocycles. The summed E-state index contributed by atoms with van der Waals surface area (Å²) in [4.78, 5) is 20.6. The minimum absolute atomic E-state index is 0.273. The van der Waals surface area contributed by atoms with E-state index in [2.05, 4.69) is 15.3 Å². The molecule has 1 N–H and O–H groups in total. The molecule has 0 amide bonds. The normalized spacial score (nSPS) is 11.0. The van der Waals surface area contributed by atoms with Crippen molar-refractivity contribution in [1.82, 2.24) is 9.97 Å². The first-order valence-electron chi connectivity index (χ1n) is 8.91. The van der Waals surface area contributed by atoms with Crippen molar-refractivity contribution in [3.05, 3.63) is 60.9 Å². The second kappa shape index (κ2) is 8.08. The van der Waals surface area contributed by atoms with Crippen molar-refractivity contribution in [2.75, 3.05) is 12.4 Å². The fourth-order valence-electron chi connectivity index (χ4n) is 2.44. The summed E-state index contributed by atoms with van der Waals surface area (Å²) in [5, 5.41) is 3.23. The summed E-state index contributed by atoms with van der Waals surface area (Å²) in [6.07, 6.45) is 1.50. The van der Waals surface area contributed by atoms with Crippen LogP contribution in [-0.4, -0.2) is 23.0 Å². The summed E-state index contributed by atoms with van der Waals surface area (Å²) in [6, 6.07) is 16.7. The third-order valence-corrected chi connectivity index (χ3v) is 4.00. The molecule has 0 spiro atoms. The number of aromatic nitrogens is 2. The number of hydrogen-bond donors (Lipinski definition) is 1. The van der Waals surface area contributed by atoms with E-state index in [1.54, 1.807) is 19.2 Å². The van der Waals surface area contributed by atoms with Crippen molar-refractivity contribution in [2.45, 2.75) is 20.8 Å². The zero-order valence-electron chi connectivity index (χ0n) is 16.4. The lowest BCUT2D eigenvalue weighted by atomic mass is 9.97. The van der Waals surface area contributed by atoms with E-state index >= 15 is 0 Å². The minimum atomic E-state index is -0.549. The molecule has 0 aliphatic heterocycles. The Hall–Kier alpha value is -3.41. The van der Waals surface area contributed by atoms with Crippen LogP contribution in [0.25, 0.3) is 11.3 Å². The third kappa shape index (κ3) is 4.65. The van der Waals surface area contributed by atoms with Gasteiger partial charge >= 0.3 is 5.97 Å². The number of carbonyl (C=O) groups excluding carboxylic acids is 1. The molecule has 1 heterocycles. The van der Waals surface area contributed by atoms with Crippen LogP contribution in [0, 0.1) is 5.41 Å². The molecule has 0 bridgehead atoms. The van der Waals surface area contributed by atoms with Gasteiger partial charge in [-0.15, -0.1) is 0 Å². The Balaban J connectivity index is 1.75. The third-order valence-electron chi connectivity index (χ3n) is 4.00. The molecule has 0 atom stereocenters. The molecule has 0 radical (unpaired) electrons. The Kier molecular flexibility index (Phi) is 5.59. The first-order valence-corrected chi connectivity index (χ1v) is 8.91. The number of ether oxygens (including phenoxy) is 2. The van der Waals surface area contributed by atoms with Gasteiger partial charge in [0, 0.05) is 17.3 Å². The second-order valence-electron chi connectivity index (χ2n) is 7.28. The number of nitrogens with zero attached hydrogens (tertiary/aromatic N) is 2. The van der Waals surface area contributed by atoms with E-state index in [1.807, 2.05) is 63.2 Å². The molecule has 3 rings (SSSR count). The quantitative estimate of drug-likeness (QED) is 0.506. The van der Waals surface area contributed by atoms with Crippen LogP contribution in [0.15, 0.2) is 60.9 Å². The number of rotatable bonds is 5. The van der Waals surface area contributed by atoms with E-state index in [1.165, 1.54) is 6.33 Å². The van der Waals surface area contributed by atoms with Gasteiger partial charge in [-0.25, -0.2) is 9.97 Å². The predicted molar refractivity (Wildman–Crippen MR) is 109 cm³/mol. The van der Waals surface area contributed by atoms with Crippen LogP contribution in [0.3, 0.4) is 0 Å². The van der Waals surface area contributed by atoms with Crippen LogP contribution in [-0.2, 0) is 4.79 Å². The van der Waals surface area contributed by atoms with Crippen LogP contribution < -0.4 is 14.8 Å². The topological polar surface area (TPSA) is 73.3 Å². The number of esters is 1. The maximum atomic E-state index is 12.0. The van der Waals surface area contributed by atoms with Crippen LogP contribution in [0.1, 0.15) is 20.8 Å². The Bertz CT molecular complexity index is 963. The Morgan fingerprint density at radius 1 is 1.00 bits per heavy atom. The molecule has 0 saturated carbocycles. The van der Waals surface area contributed by atoms with Gasteiger partial charge in [0.05, 0.1) is 18.2 Å². The highest BCUT2D eigenvalue weighted by Crippen LogP contribution is 2.29. The highest BCUT2D eigenvalue weighted by molar-refractivity contribution is 5.78. The summed E-state index contributed by atoms with van der Waals surface area (Å²) in [5.41, 5.74) is 1.91. The number of nitrogens with one attached hydrogen (secondary N) is 1. The van der Waals surface area contributed by atoms with Crippen molar-refractivity contribution in [3.8, 4) is 22.8 Å². The van der Waals surface area contributed by atoms with E-state index in [0.29, 0.717) is 11.6 Å². The number of methoxy groups -OCH3 is 1. The van der Waals surface area contributed by atoms with Gasteiger partial charge in [-0.2, -0.15) is 0 Å². The summed E-state index contributed by atoms with van der Waals surface area (Å²) >= 11 is 0. The molecule has 0 aliphatic carbocycles. The summed E-state index contributed by atoms with van der Waals surface area (Å²) < 4.78 is 10.8. The molecule has 3 aromatic rings. The zero-order valence-corrected chi connectivity index (χ0v) is 16.4. The minimum Gasteiger partial charge on any atom is -0.496 e. The highest BCUT2D eigenvalue weighted by atomic mass is 16.5. The van der Waals surface area contributed by atoms with Gasteiger partial charge in [-0.1, -0.05) is 12.1 Å². The molecule has 2 aromatic carbocycles. The molecular weight excluding hydrogens is 354 g/mol. The van der Waals surface area contributed by atoms with Crippen LogP contribution in [0.4, 0.5) is 11.5 Å². The molecule has 28 heavy (non-hydrogen) atoms. The number of hydrogen-bond acceptors (Lipinski definition) is 6. The molecule has 6 nitrogen and oxygen atoms in total.